The first-order valence-electron chi connectivity index (χ1n) is 11.3. The van der Waals surface area contributed by atoms with Gasteiger partial charge >= 0.3 is 0 Å². The summed E-state index contributed by atoms with van der Waals surface area (Å²) in [6.45, 7) is 6.61. The van der Waals surface area contributed by atoms with Crippen LogP contribution in [0.2, 0.25) is 0 Å². The maximum Gasteiger partial charge on any atom is 0.214 e. The summed E-state index contributed by atoms with van der Waals surface area (Å²) in [4.78, 5) is 14.9. The summed E-state index contributed by atoms with van der Waals surface area (Å²) >= 11 is 0. The standard InChI is InChI=1S/C22H31N7O2S/c1-3-16(2)32(30,31)26-11-6-20-27-19-15-25-22-18(5-10-24-22)21(19)29(20)17-7-13-28(14-8-17)12-4-9-23/h5,10,15-17,26H,3-4,6-8,11-14H2,1-2H3,(H,24,25). The van der Waals surface area contributed by atoms with E-state index in [4.69, 9.17) is 10.2 Å². The van der Waals surface area contributed by atoms with Crippen molar-refractivity contribution in [1.82, 2.24) is 29.1 Å². The lowest BCUT2D eigenvalue weighted by molar-refractivity contribution is 0.190. The molecule has 2 N–H and O–H groups in total. The van der Waals surface area contributed by atoms with Gasteiger partial charge in [0.25, 0.3) is 0 Å². The molecular weight excluding hydrogens is 426 g/mol. The molecule has 10 heteroatoms. The maximum absolute atomic E-state index is 12.4. The lowest BCUT2D eigenvalue weighted by Crippen LogP contribution is -2.36. The van der Waals surface area contributed by atoms with Gasteiger partial charge in [-0.2, -0.15) is 5.26 Å². The highest BCUT2D eigenvalue weighted by Gasteiger charge is 2.26. The van der Waals surface area contributed by atoms with E-state index in [2.05, 4.69) is 30.2 Å². The monoisotopic (exact) mass is 457 g/mol. The van der Waals surface area contributed by atoms with Crippen molar-refractivity contribution in [3.8, 4) is 6.07 Å². The highest BCUT2D eigenvalue weighted by atomic mass is 32.2. The Morgan fingerprint density at radius 2 is 2.16 bits per heavy atom. The van der Waals surface area contributed by atoms with E-state index in [1.807, 2.05) is 19.2 Å². The fraction of sp³-hybridized carbons (Fsp3) is 0.591. The third kappa shape index (κ3) is 4.51. The van der Waals surface area contributed by atoms with E-state index in [0.717, 1.165) is 60.4 Å². The predicted molar refractivity (Wildman–Crippen MR) is 125 cm³/mol. The van der Waals surface area contributed by atoms with Crippen LogP contribution in [-0.2, 0) is 16.4 Å². The highest BCUT2D eigenvalue weighted by Crippen LogP contribution is 2.32. The number of rotatable bonds is 9. The van der Waals surface area contributed by atoms with Crippen LogP contribution in [0.15, 0.2) is 18.5 Å². The van der Waals surface area contributed by atoms with E-state index in [1.54, 1.807) is 13.1 Å². The Kier molecular flexibility index (Phi) is 6.79. The van der Waals surface area contributed by atoms with Crippen molar-refractivity contribution in [2.45, 2.75) is 57.2 Å². The molecule has 32 heavy (non-hydrogen) atoms. The molecule has 1 saturated heterocycles. The van der Waals surface area contributed by atoms with Crippen LogP contribution in [0.1, 0.15) is 51.4 Å². The minimum atomic E-state index is -3.33. The predicted octanol–water partition coefficient (Wildman–Crippen LogP) is 2.72. The highest BCUT2D eigenvalue weighted by molar-refractivity contribution is 7.90. The van der Waals surface area contributed by atoms with Crippen molar-refractivity contribution in [3.63, 3.8) is 0 Å². The van der Waals surface area contributed by atoms with Crippen LogP contribution in [0.5, 0.6) is 0 Å². The van der Waals surface area contributed by atoms with Crippen LogP contribution >= 0.6 is 0 Å². The first kappa shape index (κ1) is 22.7. The van der Waals surface area contributed by atoms with Crippen molar-refractivity contribution >= 4 is 32.1 Å². The third-order valence-electron chi connectivity index (χ3n) is 6.53. The molecule has 3 aromatic rings. The zero-order valence-electron chi connectivity index (χ0n) is 18.7. The Balaban J connectivity index is 1.62. The Bertz CT molecular complexity index is 1220. The first-order valence-corrected chi connectivity index (χ1v) is 12.9. The van der Waals surface area contributed by atoms with Crippen molar-refractivity contribution in [3.05, 3.63) is 24.3 Å². The van der Waals surface area contributed by atoms with E-state index in [-0.39, 0.29) is 6.04 Å². The van der Waals surface area contributed by atoms with Gasteiger partial charge in [0.1, 0.15) is 17.0 Å². The van der Waals surface area contributed by atoms with Crippen molar-refractivity contribution in [1.29, 1.82) is 5.26 Å². The second kappa shape index (κ2) is 9.57. The average Bonchev–Trinajstić information content (AvgIpc) is 3.41. The number of likely N-dealkylation sites (tertiary alicyclic amines) is 1. The minimum Gasteiger partial charge on any atom is -0.346 e. The topological polar surface area (TPSA) is 120 Å². The fourth-order valence-electron chi connectivity index (χ4n) is 4.49. The molecule has 172 valence electrons. The van der Waals surface area contributed by atoms with Gasteiger partial charge in [0.15, 0.2) is 0 Å². The Morgan fingerprint density at radius 3 is 2.88 bits per heavy atom. The zero-order valence-corrected chi connectivity index (χ0v) is 19.5. The molecule has 0 aromatic carbocycles. The van der Waals surface area contributed by atoms with Gasteiger partial charge in [-0.05, 0) is 32.3 Å². The lowest BCUT2D eigenvalue weighted by atomic mass is 10.0. The summed E-state index contributed by atoms with van der Waals surface area (Å²) in [6.07, 6.45) is 7.27. The van der Waals surface area contributed by atoms with E-state index in [9.17, 15) is 8.42 Å². The number of hydrogen-bond donors (Lipinski definition) is 2. The quantitative estimate of drug-likeness (QED) is 0.510. The number of hydrogen-bond acceptors (Lipinski definition) is 6. The maximum atomic E-state index is 12.4. The van der Waals surface area contributed by atoms with Gasteiger partial charge in [0, 0.05) is 56.6 Å². The number of imidazole rings is 1. The van der Waals surface area contributed by atoms with Crippen LogP contribution in [0.3, 0.4) is 0 Å². The second-order valence-electron chi connectivity index (χ2n) is 8.52. The van der Waals surface area contributed by atoms with Gasteiger partial charge in [0.2, 0.25) is 10.0 Å². The number of piperidine rings is 1. The Labute approximate surface area is 188 Å². The van der Waals surface area contributed by atoms with Crippen LogP contribution in [0.25, 0.3) is 22.1 Å². The van der Waals surface area contributed by atoms with Crippen molar-refractivity contribution in [2.75, 3.05) is 26.2 Å². The molecule has 3 aromatic heterocycles. The number of aromatic nitrogens is 4. The number of pyridine rings is 1. The molecule has 0 amide bonds. The van der Waals surface area contributed by atoms with Crippen molar-refractivity contribution in [2.24, 2.45) is 0 Å². The lowest BCUT2D eigenvalue weighted by Gasteiger charge is -2.33. The number of sulfonamides is 1. The molecule has 0 aliphatic carbocycles. The van der Waals surface area contributed by atoms with Gasteiger partial charge in [0.05, 0.1) is 23.0 Å². The summed E-state index contributed by atoms with van der Waals surface area (Å²) in [7, 11) is -3.33. The smallest absolute Gasteiger partial charge is 0.214 e. The molecule has 1 unspecified atom stereocenters. The van der Waals surface area contributed by atoms with Gasteiger partial charge in [-0.1, -0.05) is 6.92 Å². The molecule has 1 fully saturated rings. The second-order valence-corrected chi connectivity index (χ2v) is 10.7. The van der Waals surface area contributed by atoms with Crippen LogP contribution in [-0.4, -0.2) is 64.3 Å². The average molecular weight is 458 g/mol. The Morgan fingerprint density at radius 1 is 1.38 bits per heavy atom. The Hall–Kier alpha value is -2.48. The largest absolute Gasteiger partial charge is 0.346 e. The van der Waals surface area contributed by atoms with E-state index < -0.39 is 15.3 Å². The number of fused-ring (bicyclic) bond motifs is 3. The van der Waals surface area contributed by atoms with Gasteiger partial charge in [-0.15, -0.1) is 0 Å². The summed E-state index contributed by atoms with van der Waals surface area (Å²) in [6, 6.07) is 4.53. The van der Waals surface area contributed by atoms with E-state index in [0.29, 0.717) is 25.8 Å². The summed E-state index contributed by atoms with van der Waals surface area (Å²) < 4.78 is 29.8. The molecule has 1 aliphatic rings. The molecular formula is C22H31N7O2S. The molecule has 0 spiro atoms. The summed E-state index contributed by atoms with van der Waals surface area (Å²) in [5.41, 5.74) is 2.73. The first-order chi connectivity index (χ1) is 15.4. The molecule has 0 saturated carbocycles. The SMILES string of the molecule is CCC(C)S(=O)(=O)NCCc1nc2cnc3[nH]ccc3c2n1C1CCN(CCC#N)CC1. The molecule has 4 heterocycles. The van der Waals surface area contributed by atoms with E-state index in [1.165, 1.54) is 0 Å². The van der Waals surface area contributed by atoms with Gasteiger partial charge in [-0.3, -0.25) is 0 Å². The molecule has 1 aliphatic heterocycles. The number of H-pyrrole nitrogens is 1. The zero-order chi connectivity index (χ0) is 22.7. The molecule has 9 nitrogen and oxygen atoms in total. The van der Waals surface area contributed by atoms with Gasteiger partial charge in [-0.25, -0.2) is 23.1 Å². The molecule has 0 bridgehead atoms. The third-order valence-corrected chi connectivity index (χ3v) is 8.53. The molecule has 1 atom stereocenters. The van der Waals surface area contributed by atoms with E-state index >= 15 is 0 Å². The number of aromatic amines is 1. The van der Waals surface area contributed by atoms with Crippen LogP contribution in [0.4, 0.5) is 0 Å². The fourth-order valence-corrected chi connectivity index (χ4v) is 5.60. The van der Waals surface area contributed by atoms with Crippen LogP contribution in [0, 0.1) is 11.3 Å². The number of nitrogens with one attached hydrogen (secondary N) is 2. The normalized spacial score (nSPS) is 17.2. The minimum absolute atomic E-state index is 0.278. The van der Waals surface area contributed by atoms with Gasteiger partial charge < -0.3 is 14.5 Å². The molecule has 0 radical (unpaired) electrons. The van der Waals surface area contributed by atoms with Crippen molar-refractivity contribution < 1.29 is 8.42 Å². The number of nitriles is 1. The number of nitrogens with zero attached hydrogens (tertiary/aromatic N) is 5. The van der Waals surface area contributed by atoms with Crippen LogP contribution < -0.4 is 4.72 Å². The summed E-state index contributed by atoms with van der Waals surface area (Å²) in [5, 5.41) is 9.50. The molecule has 4 rings (SSSR count). The summed E-state index contributed by atoms with van der Waals surface area (Å²) in [5.74, 6) is 0.887.